The number of carbonyl (C=O) groups is 2. The fraction of sp³-hybridized carbons (Fsp3) is 0. The predicted molar refractivity (Wildman–Crippen MR) is 76.2 cm³/mol. The van der Waals surface area contributed by atoms with Crippen LogP contribution >= 0.6 is 0 Å². The van der Waals surface area contributed by atoms with Gasteiger partial charge in [-0.3, -0.25) is 4.40 Å². The quantitative estimate of drug-likeness (QED) is 0.682. The zero-order valence-electron chi connectivity index (χ0n) is 11.1. The highest BCUT2D eigenvalue weighted by molar-refractivity contribution is 5.96. The average molecular weight is 298 g/mol. The van der Waals surface area contributed by atoms with Gasteiger partial charge in [0.15, 0.2) is 5.69 Å². The summed E-state index contributed by atoms with van der Waals surface area (Å²) >= 11 is 0. The van der Waals surface area contributed by atoms with Gasteiger partial charge in [0.2, 0.25) is 0 Å². The molecular formula is C15H10N2O5. The van der Waals surface area contributed by atoms with Gasteiger partial charge in [-0.05, 0) is 24.3 Å². The first kappa shape index (κ1) is 13.6. The number of fused-ring (bicyclic) bond motifs is 1. The van der Waals surface area contributed by atoms with Crippen molar-refractivity contribution in [1.29, 1.82) is 0 Å². The molecule has 3 rings (SSSR count). The lowest BCUT2D eigenvalue weighted by atomic mass is 10.2. The summed E-state index contributed by atoms with van der Waals surface area (Å²) in [5.41, 5.74) is 0.569. The van der Waals surface area contributed by atoms with Gasteiger partial charge in [0.25, 0.3) is 0 Å². The van der Waals surface area contributed by atoms with E-state index < -0.39 is 11.9 Å². The maximum Gasteiger partial charge on any atom is 0.356 e. The molecule has 3 aromatic rings. The van der Waals surface area contributed by atoms with Crippen LogP contribution in [0.2, 0.25) is 0 Å². The Morgan fingerprint density at radius 2 is 1.82 bits per heavy atom. The standard InChI is InChI=1S/C15H10N2O5/c18-10-3-1-2-8(6-10)13-16-12(15(21)22)11-5-4-9(14(19)20)7-17(11)13/h1-7,18H,(H,19,20)(H,21,22). The lowest BCUT2D eigenvalue weighted by Gasteiger charge is -2.03. The molecule has 0 unspecified atom stereocenters. The summed E-state index contributed by atoms with van der Waals surface area (Å²) < 4.78 is 1.39. The predicted octanol–water partition coefficient (Wildman–Crippen LogP) is 2.10. The van der Waals surface area contributed by atoms with Crippen molar-refractivity contribution in [2.75, 3.05) is 0 Å². The molecule has 0 saturated carbocycles. The highest BCUT2D eigenvalue weighted by Crippen LogP contribution is 2.26. The first-order valence-corrected chi connectivity index (χ1v) is 6.25. The molecule has 7 heteroatoms. The van der Waals surface area contributed by atoms with E-state index in [9.17, 15) is 19.8 Å². The number of aromatic nitrogens is 2. The van der Waals surface area contributed by atoms with Crippen molar-refractivity contribution in [2.45, 2.75) is 0 Å². The average Bonchev–Trinajstić information content (AvgIpc) is 2.86. The maximum absolute atomic E-state index is 11.3. The van der Waals surface area contributed by atoms with Crippen molar-refractivity contribution < 1.29 is 24.9 Å². The number of hydrogen-bond acceptors (Lipinski definition) is 4. The van der Waals surface area contributed by atoms with Gasteiger partial charge in [-0.1, -0.05) is 12.1 Å². The van der Waals surface area contributed by atoms with Gasteiger partial charge >= 0.3 is 11.9 Å². The van der Waals surface area contributed by atoms with Gasteiger partial charge in [-0.25, -0.2) is 14.6 Å². The van der Waals surface area contributed by atoms with Crippen molar-refractivity contribution in [2.24, 2.45) is 0 Å². The second-order valence-electron chi connectivity index (χ2n) is 4.62. The summed E-state index contributed by atoms with van der Waals surface area (Å²) in [5.74, 6) is -2.10. The molecule has 7 nitrogen and oxygen atoms in total. The summed E-state index contributed by atoms with van der Waals surface area (Å²) in [6.07, 6.45) is 1.30. The fourth-order valence-corrected chi connectivity index (χ4v) is 2.22. The summed E-state index contributed by atoms with van der Waals surface area (Å²) in [6, 6.07) is 8.85. The molecule has 0 aliphatic heterocycles. The van der Waals surface area contributed by atoms with Crippen LogP contribution in [0.15, 0.2) is 42.6 Å². The Labute approximate surface area is 123 Å². The Bertz CT molecular complexity index is 913. The molecule has 0 radical (unpaired) electrons. The third-order valence-electron chi connectivity index (χ3n) is 3.19. The number of pyridine rings is 1. The number of carboxylic acid groups (broad SMARTS) is 2. The van der Waals surface area contributed by atoms with Gasteiger partial charge in [0, 0.05) is 11.8 Å². The summed E-state index contributed by atoms with van der Waals surface area (Å²) in [6.45, 7) is 0. The molecule has 0 aliphatic rings. The number of benzene rings is 1. The van der Waals surface area contributed by atoms with Crippen LogP contribution in [0, 0.1) is 0 Å². The largest absolute Gasteiger partial charge is 0.508 e. The highest BCUT2D eigenvalue weighted by Gasteiger charge is 2.19. The van der Waals surface area contributed by atoms with Crippen LogP contribution in [0.1, 0.15) is 20.8 Å². The molecule has 3 N–H and O–H groups in total. The van der Waals surface area contributed by atoms with Crippen LogP contribution in [0.4, 0.5) is 0 Å². The second kappa shape index (κ2) is 4.88. The number of aromatic carboxylic acids is 2. The normalized spacial score (nSPS) is 10.7. The molecule has 0 aliphatic carbocycles. The van der Waals surface area contributed by atoms with E-state index in [1.54, 1.807) is 12.1 Å². The van der Waals surface area contributed by atoms with E-state index in [-0.39, 0.29) is 28.3 Å². The monoisotopic (exact) mass is 298 g/mol. The molecule has 0 amide bonds. The minimum Gasteiger partial charge on any atom is -0.508 e. The topological polar surface area (TPSA) is 112 Å². The Morgan fingerprint density at radius 3 is 2.45 bits per heavy atom. The number of imidazole rings is 1. The maximum atomic E-state index is 11.3. The second-order valence-corrected chi connectivity index (χ2v) is 4.62. The van der Waals surface area contributed by atoms with Crippen molar-refractivity contribution in [3.8, 4) is 17.1 Å². The van der Waals surface area contributed by atoms with E-state index in [1.165, 1.54) is 34.9 Å². The highest BCUT2D eigenvalue weighted by atomic mass is 16.4. The van der Waals surface area contributed by atoms with E-state index in [0.717, 1.165) is 0 Å². The van der Waals surface area contributed by atoms with E-state index >= 15 is 0 Å². The van der Waals surface area contributed by atoms with Gasteiger partial charge in [0.1, 0.15) is 11.6 Å². The SMILES string of the molecule is O=C(O)c1ccc2c(C(=O)O)nc(-c3cccc(O)c3)n2c1. The molecule has 0 bridgehead atoms. The Hall–Kier alpha value is -3.35. The Balaban J connectivity index is 2.35. The van der Waals surface area contributed by atoms with E-state index in [4.69, 9.17) is 5.11 Å². The van der Waals surface area contributed by atoms with Crippen LogP contribution < -0.4 is 0 Å². The smallest absolute Gasteiger partial charge is 0.356 e. The van der Waals surface area contributed by atoms with Gasteiger partial charge in [-0.15, -0.1) is 0 Å². The first-order valence-electron chi connectivity index (χ1n) is 6.25. The third-order valence-corrected chi connectivity index (χ3v) is 3.19. The Kier molecular flexibility index (Phi) is 3.03. The molecule has 2 aromatic heterocycles. The molecular weight excluding hydrogens is 288 g/mol. The van der Waals surface area contributed by atoms with Crippen LogP contribution in [0.3, 0.4) is 0 Å². The number of carboxylic acids is 2. The van der Waals surface area contributed by atoms with E-state index in [0.29, 0.717) is 5.56 Å². The van der Waals surface area contributed by atoms with Crippen LogP contribution in [0.25, 0.3) is 16.9 Å². The molecule has 0 spiro atoms. The molecule has 0 atom stereocenters. The fourth-order valence-electron chi connectivity index (χ4n) is 2.22. The zero-order chi connectivity index (χ0) is 15.9. The number of aromatic hydroxyl groups is 1. The number of rotatable bonds is 3. The lowest BCUT2D eigenvalue weighted by Crippen LogP contribution is -2.00. The minimum absolute atomic E-state index is 0.000476. The number of phenolic OH excluding ortho intramolecular Hbond substituents is 1. The zero-order valence-corrected chi connectivity index (χ0v) is 11.1. The lowest BCUT2D eigenvalue weighted by molar-refractivity contribution is 0.0685. The van der Waals surface area contributed by atoms with Crippen molar-refractivity contribution in [1.82, 2.24) is 9.38 Å². The van der Waals surface area contributed by atoms with E-state index in [2.05, 4.69) is 4.98 Å². The summed E-state index contributed by atoms with van der Waals surface area (Å²) in [5, 5.41) is 27.9. The Morgan fingerprint density at radius 1 is 1.05 bits per heavy atom. The van der Waals surface area contributed by atoms with Crippen molar-refractivity contribution >= 4 is 17.5 Å². The molecule has 2 heterocycles. The van der Waals surface area contributed by atoms with Crippen molar-refractivity contribution in [3.05, 3.63) is 53.9 Å². The number of phenols is 1. The molecule has 22 heavy (non-hydrogen) atoms. The number of hydrogen-bond donors (Lipinski definition) is 3. The van der Waals surface area contributed by atoms with Gasteiger partial charge in [0.05, 0.1) is 11.1 Å². The minimum atomic E-state index is -1.22. The molecule has 110 valence electrons. The first-order chi connectivity index (χ1) is 10.5. The van der Waals surface area contributed by atoms with Gasteiger partial charge in [-0.2, -0.15) is 0 Å². The molecule has 0 saturated heterocycles. The van der Waals surface area contributed by atoms with Crippen LogP contribution in [-0.4, -0.2) is 36.6 Å². The van der Waals surface area contributed by atoms with Gasteiger partial charge < -0.3 is 15.3 Å². The summed E-state index contributed by atoms with van der Waals surface area (Å²) in [4.78, 5) is 26.5. The number of nitrogens with zero attached hydrogens (tertiary/aromatic N) is 2. The molecule has 0 fully saturated rings. The van der Waals surface area contributed by atoms with Crippen LogP contribution in [0.5, 0.6) is 5.75 Å². The van der Waals surface area contributed by atoms with Crippen molar-refractivity contribution in [3.63, 3.8) is 0 Å². The van der Waals surface area contributed by atoms with E-state index in [1.807, 2.05) is 0 Å². The molecule has 1 aromatic carbocycles. The van der Waals surface area contributed by atoms with Crippen LogP contribution in [-0.2, 0) is 0 Å². The third kappa shape index (κ3) is 2.14. The summed E-state index contributed by atoms with van der Waals surface area (Å²) in [7, 11) is 0.